The molecule has 8 heteroatoms. The van der Waals surface area contributed by atoms with Crippen LogP contribution in [0.2, 0.25) is 0 Å². The summed E-state index contributed by atoms with van der Waals surface area (Å²) in [6.07, 6.45) is -6.14. The number of aromatic nitrogens is 1. The molecule has 1 heterocycles. The van der Waals surface area contributed by atoms with E-state index in [0.717, 1.165) is 27.5 Å². The summed E-state index contributed by atoms with van der Waals surface area (Å²) in [5.41, 5.74) is 9.55. The minimum absolute atomic E-state index is 0.00137. The van der Waals surface area contributed by atoms with Crippen molar-refractivity contribution < 1.29 is 25.5 Å². The molecular weight excluding hydrogens is 362 g/mol. The summed E-state index contributed by atoms with van der Waals surface area (Å²) in [6, 6.07) is 11.5. The Morgan fingerprint density at radius 1 is 1.00 bits per heavy atom. The van der Waals surface area contributed by atoms with Gasteiger partial charge in [0, 0.05) is 42.6 Å². The van der Waals surface area contributed by atoms with Gasteiger partial charge in [0.15, 0.2) is 0 Å². The van der Waals surface area contributed by atoms with Crippen LogP contribution in [-0.2, 0) is 7.05 Å². The summed E-state index contributed by atoms with van der Waals surface area (Å²) >= 11 is 0. The van der Waals surface area contributed by atoms with Crippen LogP contribution in [0.4, 0.5) is 11.4 Å². The molecule has 1 aromatic heterocycles. The largest absolute Gasteiger partial charge is 0.397 e. The van der Waals surface area contributed by atoms with Crippen LogP contribution in [0.3, 0.4) is 0 Å². The third-order valence-corrected chi connectivity index (χ3v) is 5.25. The summed E-state index contributed by atoms with van der Waals surface area (Å²) in [7, 11) is 3.70. The van der Waals surface area contributed by atoms with Crippen molar-refractivity contribution >= 4 is 33.2 Å². The van der Waals surface area contributed by atoms with E-state index in [9.17, 15) is 20.4 Å². The second kappa shape index (κ2) is 7.94. The van der Waals surface area contributed by atoms with E-state index in [0.29, 0.717) is 5.69 Å². The number of nitrogens with two attached hydrogens (primary N) is 1. The van der Waals surface area contributed by atoms with Crippen LogP contribution in [0, 0.1) is 0 Å². The van der Waals surface area contributed by atoms with Crippen LogP contribution in [0.25, 0.3) is 21.8 Å². The van der Waals surface area contributed by atoms with Gasteiger partial charge in [0.05, 0.1) is 23.9 Å². The molecule has 3 aromatic rings. The number of aryl methyl sites for hydroxylation is 1. The van der Waals surface area contributed by atoms with Crippen molar-refractivity contribution in [3.8, 4) is 0 Å². The van der Waals surface area contributed by atoms with Gasteiger partial charge in [0.1, 0.15) is 18.3 Å². The van der Waals surface area contributed by atoms with E-state index >= 15 is 0 Å². The van der Waals surface area contributed by atoms with Gasteiger partial charge in [-0.15, -0.1) is 0 Å². The normalized spacial score (nSPS) is 16.2. The number of hydrogen-bond acceptors (Lipinski definition) is 7. The first kappa shape index (κ1) is 20.4. The molecule has 0 saturated heterocycles. The number of nitrogens with zero attached hydrogens (tertiary/aromatic N) is 2. The average Bonchev–Trinajstić information content (AvgIpc) is 3.00. The van der Waals surface area contributed by atoms with E-state index in [1.807, 2.05) is 41.9 Å². The first-order chi connectivity index (χ1) is 13.3. The van der Waals surface area contributed by atoms with Gasteiger partial charge in [-0.2, -0.15) is 0 Å². The Hall–Kier alpha value is -2.36. The lowest BCUT2D eigenvalue weighted by molar-refractivity contribution is -0.112. The molecule has 0 saturated carbocycles. The predicted octanol–water partition coefficient (Wildman–Crippen LogP) is -0.214. The van der Waals surface area contributed by atoms with Crippen LogP contribution in [0.15, 0.2) is 36.4 Å². The van der Waals surface area contributed by atoms with Crippen molar-refractivity contribution in [3.63, 3.8) is 0 Å². The van der Waals surface area contributed by atoms with Gasteiger partial charge < -0.3 is 40.7 Å². The lowest BCUT2D eigenvalue weighted by Crippen LogP contribution is -2.49. The van der Waals surface area contributed by atoms with Crippen molar-refractivity contribution in [2.24, 2.45) is 7.05 Å². The highest BCUT2D eigenvalue weighted by atomic mass is 16.4. The van der Waals surface area contributed by atoms with E-state index < -0.39 is 31.0 Å². The summed E-state index contributed by atoms with van der Waals surface area (Å²) < 4.78 is 2.02. The molecule has 0 amide bonds. The topological polar surface area (TPSA) is 135 Å². The van der Waals surface area contributed by atoms with Crippen LogP contribution in [0.5, 0.6) is 0 Å². The van der Waals surface area contributed by atoms with Gasteiger partial charge in [0.2, 0.25) is 0 Å². The lowest BCUT2D eigenvalue weighted by atomic mass is 10.0. The molecular formula is C20H27N3O5. The number of likely N-dealkylation sites (N-methyl/N-ethyl adjacent to an activating group) is 1. The second-order valence-electron chi connectivity index (χ2n) is 7.15. The third kappa shape index (κ3) is 3.41. The second-order valence-corrected chi connectivity index (χ2v) is 7.15. The van der Waals surface area contributed by atoms with Crippen molar-refractivity contribution in [1.82, 2.24) is 4.57 Å². The number of nitrogen functional groups attached to an aromatic ring is 1. The number of fused-ring (bicyclic) bond motifs is 3. The highest BCUT2D eigenvalue weighted by Crippen LogP contribution is 2.38. The molecule has 4 atom stereocenters. The van der Waals surface area contributed by atoms with Gasteiger partial charge in [-0.25, -0.2) is 0 Å². The van der Waals surface area contributed by atoms with Gasteiger partial charge in [-0.3, -0.25) is 0 Å². The van der Waals surface area contributed by atoms with Crippen molar-refractivity contribution in [2.75, 3.05) is 30.8 Å². The number of aliphatic hydroxyl groups excluding tert-OH is 5. The molecule has 0 aliphatic heterocycles. The summed E-state index contributed by atoms with van der Waals surface area (Å²) in [5, 5.41) is 50.6. The molecule has 0 radical (unpaired) electrons. The zero-order chi connectivity index (χ0) is 20.6. The molecule has 0 bridgehead atoms. The lowest BCUT2D eigenvalue weighted by Gasteiger charge is -2.30. The van der Waals surface area contributed by atoms with Crippen LogP contribution >= 0.6 is 0 Å². The Kier molecular flexibility index (Phi) is 5.78. The number of hydrogen-bond donors (Lipinski definition) is 6. The Morgan fingerprint density at radius 3 is 2.32 bits per heavy atom. The molecule has 8 nitrogen and oxygen atoms in total. The average molecular weight is 389 g/mol. The molecule has 0 aliphatic rings. The Bertz CT molecular complexity index is 973. The first-order valence-corrected chi connectivity index (χ1v) is 9.07. The Labute approximate surface area is 162 Å². The highest BCUT2D eigenvalue weighted by Gasteiger charge is 2.31. The maximum Gasteiger partial charge on any atom is 0.111 e. The van der Waals surface area contributed by atoms with E-state index in [2.05, 4.69) is 0 Å². The number of benzene rings is 2. The number of anilines is 2. The van der Waals surface area contributed by atoms with E-state index in [1.54, 1.807) is 18.0 Å². The van der Waals surface area contributed by atoms with Crippen molar-refractivity contribution in [2.45, 2.75) is 24.4 Å². The Balaban J connectivity index is 1.98. The molecule has 0 aliphatic carbocycles. The van der Waals surface area contributed by atoms with Crippen LogP contribution < -0.4 is 10.6 Å². The monoisotopic (exact) mass is 389 g/mol. The van der Waals surface area contributed by atoms with Gasteiger partial charge in [-0.05, 0) is 18.2 Å². The number of aliphatic hydroxyl groups is 5. The molecule has 3 rings (SSSR count). The summed E-state index contributed by atoms with van der Waals surface area (Å²) in [5.74, 6) is 0. The number of para-hydroxylation sites is 1. The zero-order valence-electron chi connectivity index (χ0n) is 15.9. The zero-order valence-corrected chi connectivity index (χ0v) is 15.9. The maximum absolute atomic E-state index is 10.3. The molecule has 4 unspecified atom stereocenters. The standard InChI is InChI=1S/C20H27N3O5/c1-22(9-15(25)19(27)20(28)16(26)10-24)14-8-7-12(21)18-17(14)11-5-3-4-6-13(11)23(18)2/h3-8,15-16,19-20,24-28H,9-10,21H2,1-2H3. The Morgan fingerprint density at radius 2 is 1.64 bits per heavy atom. The van der Waals surface area contributed by atoms with E-state index in [4.69, 9.17) is 10.8 Å². The predicted molar refractivity (Wildman–Crippen MR) is 109 cm³/mol. The third-order valence-electron chi connectivity index (χ3n) is 5.25. The van der Waals surface area contributed by atoms with Gasteiger partial charge in [-0.1, -0.05) is 18.2 Å². The van der Waals surface area contributed by atoms with Gasteiger partial charge >= 0.3 is 0 Å². The SMILES string of the molecule is CN(CC(O)C(O)C(O)C(O)CO)c1ccc(N)c2c1c1ccccc1n2C. The highest BCUT2D eigenvalue weighted by molar-refractivity contribution is 6.17. The maximum atomic E-state index is 10.3. The summed E-state index contributed by atoms with van der Waals surface area (Å²) in [4.78, 5) is 1.76. The molecule has 2 aromatic carbocycles. The number of rotatable bonds is 7. The van der Waals surface area contributed by atoms with Crippen LogP contribution in [0.1, 0.15) is 0 Å². The first-order valence-electron chi connectivity index (χ1n) is 9.07. The van der Waals surface area contributed by atoms with E-state index in [-0.39, 0.29) is 6.54 Å². The molecule has 7 N–H and O–H groups in total. The quantitative estimate of drug-likeness (QED) is 0.308. The van der Waals surface area contributed by atoms with Crippen molar-refractivity contribution in [3.05, 3.63) is 36.4 Å². The van der Waals surface area contributed by atoms with Crippen LogP contribution in [-0.4, -0.2) is 74.7 Å². The fraction of sp³-hybridized carbons (Fsp3) is 0.400. The van der Waals surface area contributed by atoms with Crippen molar-refractivity contribution in [1.29, 1.82) is 0 Å². The molecule has 152 valence electrons. The molecule has 0 fully saturated rings. The smallest absolute Gasteiger partial charge is 0.111 e. The fourth-order valence-electron chi connectivity index (χ4n) is 3.69. The van der Waals surface area contributed by atoms with E-state index in [1.165, 1.54) is 0 Å². The molecule has 0 spiro atoms. The minimum Gasteiger partial charge on any atom is -0.397 e. The molecule has 28 heavy (non-hydrogen) atoms. The fourth-order valence-corrected chi connectivity index (χ4v) is 3.69. The summed E-state index contributed by atoms with van der Waals surface area (Å²) in [6.45, 7) is -0.714. The minimum atomic E-state index is -1.66. The van der Waals surface area contributed by atoms with Gasteiger partial charge in [0.25, 0.3) is 0 Å².